The minimum atomic E-state index is -0.569. The quantitative estimate of drug-likeness (QED) is 0.388. The van der Waals surface area contributed by atoms with Gasteiger partial charge in [-0.05, 0) is 113 Å². The number of carbonyl (C=O) groups excluding carboxylic acids is 1. The Labute approximate surface area is 233 Å². The number of benzene rings is 2. The highest BCUT2D eigenvalue weighted by Gasteiger charge is 2.47. The van der Waals surface area contributed by atoms with E-state index in [1.807, 2.05) is 0 Å². The maximum absolute atomic E-state index is 14.0. The van der Waals surface area contributed by atoms with Gasteiger partial charge in [0.25, 0.3) is 0 Å². The summed E-state index contributed by atoms with van der Waals surface area (Å²) in [7, 11) is 0. The van der Waals surface area contributed by atoms with Gasteiger partial charge in [-0.1, -0.05) is 30.2 Å². The van der Waals surface area contributed by atoms with E-state index in [9.17, 15) is 9.90 Å². The molecule has 4 heterocycles. The molecule has 0 aliphatic carbocycles. The monoisotopic (exact) mass is 527 g/mol. The Morgan fingerprint density at radius 1 is 0.974 bits per heavy atom. The maximum atomic E-state index is 14.0. The predicted octanol–water partition coefficient (Wildman–Crippen LogP) is 6.44. The molecule has 1 amide bonds. The number of aromatic amines is 1. The number of nitrogens with one attached hydrogen (secondary N) is 1. The third kappa shape index (κ3) is 4.82. The summed E-state index contributed by atoms with van der Waals surface area (Å²) in [6, 6.07) is 14.3. The molecule has 3 aromatic rings. The van der Waals surface area contributed by atoms with E-state index in [0.29, 0.717) is 23.9 Å². The fourth-order valence-electron chi connectivity index (χ4n) is 7.73. The van der Waals surface area contributed by atoms with Gasteiger partial charge in [0.1, 0.15) is 0 Å². The van der Waals surface area contributed by atoms with E-state index in [4.69, 9.17) is 0 Å². The van der Waals surface area contributed by atoms with E-state index in [0.717, 1.165) is 69.2 Å². The highest BCUT2D eigenvalue weighted by atomic mass is 16.3. The standard InChI is InChI=1S/C34H45N3O2/c1-21-16-22(2)18-24(17-21)32-31(23(3)20-36-14-12-28(38)13-15-36)29-19-25(6-11-30(29)35-32)34(4,5)33(39)37-26-7-8-27(37)10-9-26/h6,11,16-19,23,26-28,35,38H,7-10,12-15,20H2,1-5H3. The molecule has 5 heteroatoms. The van der Waals surface area contributed by atoms with Gasteiger partial charge in [-0.15, -0.1) is 0 Å². The van der Waals surface area contributed by atoms with Crippen LogP contribution in [0.15, 0.2) is 36.4 Å². The summed E-state index contributed by atoms with van der Waals surface area (Å²) >= 11 is 0. The molecular formula is C34H45N3O2. The number of aliphatic hydroxyl groups excluding tert-OH is 1. The number of likely N-dealkylation sites (tertiary alicyclic amines) is 1. The molecule has 0 saturated carbocycles. The third-order valence-electron chi connectivity index (χ3n) is 9.87. The number of carbonyl (C=O) groups is 1. The van der Waals surface area contributed by atoms with Crippen LogP contribution in [-0.4, -0.2) is 63.6 Å². The van der Waals surface area contributed by atoms with Gasteiger partial charge in [0.2, 0.25) is 5.91 Å². The molecule has 0 radical (unpaired) electrons. The smallest absolute Gasteiger partial charge is 0.233 e. The zero-order valence-corrected chi connectivity index (χ0v) is 24.4. The van der Waals surface area contributed by atoms with Crippen LogP contribution in [0.1, 0.15) is 87.5 Å². The Morgan fingerprint density at radius 3 is 2.21 bits per heavy atom. The summed E-state index contributed by atoms with van der Waals surface area (Å²) in [5.74, 6) is 0.590. The molecule has 3 aliphatic rings. The highest BCUT2D eigenvalue weighted by molar-refractivity contribution is 5.95. The van der Waals surface area contributed by atoms with Crippen molar-refractivity contribution < 1.29 is 9.90 Å². The lowest BCUT2D eigenvalue weighted by molar-refractivity contribution is -0.137. The van der Waals surface area contributed by atoms with Crippen LogP contribution in [-0.2, 0) is 10.2 Å². The van der Waals surface area contributed by atoms with Crippen LogP contribution >= 0.6 is 0 Å². The molecule has 3 aliphatic heterocycles. The third-order valence-corrected chi connectivity index (χ3v) is 9.87. The van der Waals surface area contributed by atoms with Crippen LogP contribution in [0.5, 0.6) is 0 Å². The van der Waals surface area contributed by atoms with Gasteiger partial charge in [-0.3, -0.25) is 4.79 Å². The van der Waals surface area contributed by atoms with Crippen LogP contribution in [0.2, 0.25) is 0 Å². The first-order valence-electron chi connectivity index (χ1n) is 15.1. The van der Waals surface area contributed by atoms with E-state index >= 15 is 0 Å². The fourth-order valence-corrected chi connectivity index (χ4v) is 7.73. The first-order chi connectivity index (χ1) is 18.6. The number of aryl methyl sites for hydroxylation is 2. The summed E-state index contributed by atoms with van der Waals surface area (Å²) in [6.45, 7) is 13.8. The maximum Gasteiger partial charge on any atom is 0.233 e. The first-order valence-corrected chi connectivity index (χ1v) is 15.1. The number of H-pyrrole nitrogens is 1. The van der Waals surface area contributed by atoms with Gasteiger partial charge in [0, 0.05) is 42.6 Å². The van der Waals surface area contributed by atoms with Crippen molar-refractivity contribution in [1.82, 2.24) is 14.8 Å². The van der Waals surface area contributed by atoms with Crippen LogP contribution in [0, 0.1) is 13.8 Å². The second-order valence-corrected chi connectivity index (χ2v) is 13.3. The minimum absolute atomic E-state index is 0.163. The molecule has 2 bridgehead atoms. The molecule has 1 unspecified atom stereocenters. The summed E-state index contributed by atoms with van der Waals surface area (Å²) in [5, 5.41) is 11.3. The lowest BCUT2D eigenvalue weighted by Gasteiger charge is -2.33. The van der Waals surface area contributed by atoms with E-state index in [1.165, 1.54) is 33.3 Å². The number of aliphatic hydroxyl groups is 1. The Morgan fingerprint density at radius 2 is 1.59 bits per heavy atom. The van der Waals surface area contributed by atoms with Crippen molar-refractivity contribution in [2.24, 2.45) is 0 Å². The van der Waals surface area contributed by atoms with E-state index < -0.39 is 5.41 Å². The van der Waals surface area contributed by atoms with Gasteiger partial charge in [-0.2, -0.15) is 0 Å². The van der Waals surface area contributed by atoms with Crippen molar-refractivity contribution in [2.45, 2.75) is 103 Å². The lowest BCUT2D eigenvalue weighted by atomic mass is 9.81. The van der Waals surface area contributed by atoms with Gasteiger partial charge in [0.05, 0.1) is 17.2 Å². The van der Waals surface area contributed by atoms with Crippen molar-refractivity contribution in [2.75, 3.05) is 19.6 Å². The second kappa shape index (κ2) is 10.1. The molecule has 3 saturated heterocycles. The van der Waals surface area contributed by atoms with Crippen molar-refractivity contribution in [3.63, 3.8) is 0 Å². The molecule has 2 N–H and O–H groups in total. The minimum Gasteiger partial charge on any atom is -0.393 e. The van der Waals surface area contributed by atoms with Crippen molar-refractivity contribution in [3.05, 3.63) is 58.7 Å². The van der Waals surface area contributed by atoms with Gasteiger partial charge >= 0.3 is 0 Å². The van der Waals surface area contributed by atoms with E-state index in [-0.39, 0.29) is 6.10 Å². The summed E-state index contributed by atoms with van der Waals surface area (Å²) in [4.78, 5) is 22.5. The molecule has 3 fully saturated rings. The second-order valence-electron chi connectivity index (χ2n) is 13.3. The number of rotatable bonds is 6. The Bertz CT molecular complexity index is 1340. The Hall–Kier alpha value is -2.63. The van der Waals surface area contributed by atoms with Gasteiger partial charge in [0.15, 0.2) is 0 Å². The largest absolute Gasteiger partial charge is 0.393 e. The zero-order chi connectivity index (χ0) is 27.5. The summed E-state index contributed by atoms with van der Waals surface area (Å²) < 4.78 is 0. The topological polar surface area (TPSA) is 59.6 Å². The number of piperidine rings is 1. The number of hydrogen-bond acceptors (Lipinski definition) is 3. The number of hydrogen-bond donors (Lipinski definition) is 2. The average molecular weight is 528 g/mol. The van der Waals surface area contributed by atoms with Crippen LogP contribution in [0.3, 0.4) is 0 Å². The molecule has 0 spiro atoms. The lowest BCUT2D eigenvalue weighted by Crippen LogP contribution is -2.45. The molecule has 6 rings (SSSR count). The van der Waals surface area contributed by atoms with Gasteiger partial charge < -0.3 is 19.9 Å². The van der Waals surface area contributed by atoms with Gasteiger partial charge in [-0.25, -0.2) is 0 Å². The SMILES string of the molecule is Cc1cc(C)cc(-c2[nH]c3ccc(C(C)(C)C(=O)N4C5CCC4CC5)cc3c2C(C)CN2CCC(O)CC2)c1. The molecule has 1 atom stereocenters. The van der Waals surface area contributed by atoms with E-state index in [1.54, 1.807) is 0 Å². The Balaban J connectivity index is 1.41. The van der Waals surface area contributed by atoms with Crippen LogP contribution < -0.4 is 0 Å². The van der Waals surface area contributed by atoms with Crippen LogP contribution in [0.4, 0.5) is 0 Å². The summed E-state index contributed by atoms with van der Waals surface area (Å²) in [5.41, 5.74) is 7.96. The molecule has 2 aromatic carbocycles. The highest BCUT2D eigenvalue weighted by Crippen LogP contribution is 2.43. The normalized spacial score (nSPS) is 23.2. The zero-order valence-electron chi connectivity index (χ0n) is 24.4. The Kier molecular flexibility index (Phi) is 6.87. The van der Waals surface area contributed by atoms with Crippen LogP contribution in [0.25, 0.3) is 22.2 Å². The van der Waals surface area contributed by atoms with E-state index in [2.05, 4.69) is 85.8 Å². The first kappa shape index (κ1) is 26.6. The van der Waals surface area contributed by atoms with Crippen molar-refractivity contribution in [1.29, 1.82) is 0 Å². The molecule has 5 nitrogen and oxygen atoms in total. The number of fused-ring (bicyclic) bond motifs is 3. The number of amides is 1. The molecular weight excluding hydrogens is 482 g/mol. The van der Waals surface area contributed by atoms with Crippen molar-refractivity contribution >= 4 is 16.8 Å². The molecule has 208 valence electrons. The number of aromatic nitrogens is 1. The predicted molar refractivity (Wildman–Crippen MR) is 159 cm³/mol. The van der Waals surface area contributed by atoms with Crippen molar-refractivity contribution in [3.8, 4) is 11.3 Å². The fraction of sp³-hybridized carbons (Fsp3) is 0.559. The molecule has 1 aromatic heterocycles. The molecule has 39 heavy (non-hydrogen) atoms. The number of nitrogens with zero attached hydrogens (tertiary/aromatic N) is 2. The summed E-state index contributed by atoms with van der Waals surface area (Å²) in [6.07, 6.45) is 6.20. The average Bonchev–Trinajstić information content (AvgIpc) is 3.61.